The van der Waals surface area contributed by atoms with Crippen LogP contribution in [0.5, 0.6) is 11.6 Å². The van der Waals surface area contributed by atoms with Crippen LogP contribution in [0.15, 0.2) is 24.4 Å². The van der Waals surface area contributed by atoms with Crippen molar-refractivity contribution in [2.24, 2.45) is 11.7 Å². The number of aromatic nitrogens is 1. The largest absolute Gasteiger partial charge is 0.496 e. The SMILES string of the molecule is COc1cc2c(OCC3CCCC3)nccc2cc1C(N)=O. The number of ether oxygens (including phenoxy) is 2. The molecule has 1 fully saturated rings. The fourth-order valence-electron chi connectivity index (χ4n) is 3.02. The van der Waals surface area contributed by atoms with Gasteiger partial charge in [-0.1, -0.05) is 12.8 Å². The highest BCUT2D eigenvalue weighted by atomic mass is 16.5. The van der Waals surface area contributed by atoms with E-state index in [0.717, 1.165) is 10.8 Å². The molecular formula is C17H20N2O3. The summed E-state index contributed by atoms with van der Waals surface area (Å²) in [5.41, 5.74) is 5.76. The zero-order chi connectivity index (χ0) is 15.5. The lowest BCUT2D eigenvalue weighted by molar-refractivity contribution is 0.0997. The second-order valence-corrected chi connectivity index (χ2v) is 5.72. The van der Waals surface area contributed by atoms with Crippen LogP contribution >= 0.6 is 0 Å². The Morgan fingerprint density at radius 1 is 1.36 bits per heavy atom. The van der Waals surface area contributed by atoms with Crippen molar-refractivity contribution in [3.63, 3.8) is 0 Å². The molecule has 5 nitrogen and oxygen atoms in total. The van der Waals surface area contributed by atoms with Crippen molar-refractivity contribution in [2.75, 3.05) is 13.7 Å². The fraction of sp³-hybridized carbons (Fsp3) is 0.412. The molecule has 0 unspecified atom stereocenters. The minimum atomic E-state index is -0.510. The van der Waals surface area contributed by atoms with Gasteiger partial charge in [-0.3, -0.25) is 4.79 Å². The lowest BCUT2D eigenvalue weighted by Crippen LogP contribution is -2.13. The van der Waals surface area contributed by atoms with Gasteiger partial charge in [0.05, 0.1) is 19.3 Å². The maximum atomic E-state index is 11.5. The molecule has 3 rings (SSSR count). The molecule has 0 atom stereocenters. The number of carbonyl (C=O) groups is 1. The number of carbonyl (C=O) groups excluding carboxylic acids is 1. The Balaban J connectivity index is 1.94. The van der Waals surface area contributed by atoms with Crippen molar-refractivity contribution in [3.8, 4) is 11.6 Å². The first kappa shape index (κ1) is 14.6. The number of primary amides is 1. The van der Waals surface area contributed by atoms with Crippen molar-refractivity contribution >= 4 is 16.7 Å². The molecule has 0 radical (unpaired) electrons. The third-order valence-corrected chi connectivity index (χ3v) is 4.24. The minimum Gasteiger partial charge on any atom is -0.496 e. The van der Waals surface area contributed by atoms with Gasteiger partial charge >= 0.3 is 0 Å². The van der Waals surface area contributed by atoms with Crippen LogP contribution in [0.2, 0.25) is 0 Å². The van der Waals surface area contributed by atoms with Gasteiger partial charge in [0, 0.05) is 11.6 Å². The van der Waals surface area contributed by atoms with E-state index in [1.807, 2.05) is 6.07 Å². The number of rotatable bonds is 5. The average Bonchev–Trinajstić information content (AvgIpc) is 3.04. The lowest BCUT2D eigenvalue weighted by Gasteiger charge is -2.13. The first-order chi connectivity index (χ1) is 10.7. The Labute approximate surface area is 129 Å². The van der Waals surface area contributed by atoms with Gasteiger partial charge in [-0.25, -0.2) is 4.98 Å². The van der Waals surface area contributed by atoms with E-state index in [1.165, 1.54) is 32.8 Å². The predicted octanol–water partition coefficient (Wildman–Crippen LogP) is 2.91. The van der Waals surface area contributed by atoms with Gasteiger partial charge in [0.1, 0.15) is 5.75 Å². The molecule has 0 spiro atoms. The third-order valence-electron chi connectivity index (χ3n) is 4.24. The van der Waals surface area contributed by atoms with E-state index in [9.17, 15) is 4.79 Å². The molecule has 0 saturated heterocycles. The van der Waals surface area contributed by atoms with E-state index in [2.05, 4.69) is 4.98 Å². The van der Waals surface area contributed by atoms with Crippen LogP contribution in [0.3, 0.4) is 0 Å². The van der Waals surface area contributed by atoms with Gasteiger partial charge in [0.2, 0.25) is 5.88 Å². The molecule has 2 N–H and O–H groups in total. The van der Waals surface area contributed by atoms with Gasteiger partial charge < -0.3 is 15.2 Å². The summed E-state index contributed by atoms with van der Waals surface area (Å²) in [6.45, 7) is 0.687. The van der Waals surface area contributed by atoms with E-state index in [0.29, 0.717) is 29.7 Å². The van der Waals surface area contributed by atoms with Gasteiger partial charge in [-0.2, -0.15) is 0 Å². The highest BCUT2D eigenvalue weighted by molar-refractivity contribution is 6.01. The van der Waals surface area contributed by atoms with E-state index in [4.69, 9.17) is 15.2 Å². The molecule has 22 heavy (non-hydrogen) atoms. The van der Waals surface area contributed by atoms with Gasteiger partial charge in [0.15, 0.2) is 0 Å². The minimum absolute atomic E-state index is 0.364. The number of nitrogens with two attached hydrogens (primary N) is 1. The molecule has 0 aliphatic heterocycles. The van der Waals surface area contributed by atoms with Crippen LogP contribution < -0.4 is 15.2 Å². The van der Waals surface area contributed by atoms with Gasteiger partial charge in [0.25, 0.3) is 5.91 Å². The summed E-state index contributed by atoms with van der Waals surface area (Å²) < 4.78 is 11.2. The molecule has 1 aliphatic rings. The van der Waals surface area contributed by atoms with E-state index < -0.39 is 5.91 Å². The number of hydrogen-bond donors (Lipinski definition) is 1. The summed E-state index contributed by atoms with van der Waals surface area (Å²) in [5.74, 6) is 1.13. The van der Waals surface area contributed by atoms with Crippen LogP contribution in [-0.4, -0.2) is 24.6 Å². The number of pyridine rings is 1. The smallest absolute Gasteiger partial charge is 0.252 e. The Morgan fingerprint density at radius 2 is 2.14 bits per heavy atom. The van der Waals surface area contributed by atoms with Gasteiger partial charge in [-0.15, -0.1) is 0 Å². The molecule has 1 aromatic heterocycles. The molecule has 1 heterocycles. The van der Waals surface area contributed by atoms with E-state index >= 15 is 0 Å². The Kier molecular flexibility index (Phi) is 4.13. The number of fused-ring (bicyclic) bond motifs is 1. The number of hydrogen-bond acceptors (Lipinski definition) is 4. The summed E-state index contributed by atoms with van der Waals surface area (Å²) in [6.07, 6.45) is 6.70. The molecule has 2 aromatic rings. The van der Waals surface area contributed by atoms with Crippen molar-refractivity contribution in [1.82, 2.24) is 4.98 Å². The monoisotopic (exact) mass is 300 g/mol. The molecule has 1 saturated carbocycles. The molecule has 0 bridgehead atoms. The highest BCUT2D eigenvalue weighted by Crippen LogP contribution is 2.32. The third kappa shape index (κ3) is 2.84. The molecule has 1 amide bonds. The van der Waals surface area contributed by atoms with Crippen molar-refractivity contribution in [2.45, 2.75) is 25.7 Å². The van der Waals surface area contributed by atoms with Crippen molar-refractivity contribution in [1.29, 1.82) is 0 Å². The number of amides is 1. The summed E-state index contributed by atoms with van der Waals surface area (Å²) in [5, 5.41) is 1.70. The summed E-state index contributed by atoms with van der Waals surface area (Å²) in [4.78, 5) is 15.8. The van der Waals surface area contributed by atoms with Crippen LogP contribution in [0.1, 0.15) is 36.0 Å². The predicted molar refractivity (Wildman–Crippen MR) is 84.3 cm³/mol. The van der Waals surface area contributed by atoms with Crippen LogP contribution in [0.4, 0.5) is 0 Å². The zero-order valence-corrected chi connectivity index (χ0v) is 12.7. The maximum Gasteiger partial charge on any atom is 0.252 e. The van der Waals surface area contributed by atoms with Crippen LogP contribution in [-0.2, 0) is 0 Å². The number of methoxy groups -OCH3 is 1. The molecule has 116 valence electrons. The summed E-state index contributed by atoms with van der Waals surface area (Å²) in [6, 6.07) is 5.33. The molecule has 1 aromatic carbocycles. The van der Waals surface area contributed by atoms with Crippen LogP contribution in [0, 0.1) is 5.92 Å². The second kappa shape index (κ2) is 6.22. The summed E-state index contributed by atoms with van der Waals surface area (Å²) >= 11 is 0. The quantitative estimate of drug-likeness (QED) is 0.921. The fourth-order valence-corrected chi connectivity index (χ4v) is 3.02. The first-order valence-corrected chi connectivity index (χ1v) is 7.58. The first-order valence-electron chi connectivity index (χ1n) is 7.58. The maximum absolute atomic E-state index is 11.5. The molecular weight excluding hydrogens is 280 g/mol. The van der Waals surface area contributed by atoms with Gasteiger partial charge in [-0.05, 0) is 42.3 Å². The lowest BCUT2D eigenvalue weighted by atomic mass is 10.1. The van der Waals surface area contributed by atoms with E-state index in [1.54, 1.807) is 18.3 Å². The number of nitrogens with zero attached hydrogens (tertiary/aromatic N) is 1. The Morgan fingerprint density at radius 3 is 2.82 bits per heavy atom. The topological polar surface area (TPSA) is 74.4 Å². The van der Waals surface area contributed by atoms with Crippen molar-refractivity contribution in [3.05, 3.63) is 30.0 Å². The molecule has 5 heteroatoms. The standard InChI is InChI=1S/C17H20N2O3/c1-21-15-9-13-12(8-14(15)16(18)20)6-7-19-17(13)22-10-11-4-2-3-5-11/h6-9,11H,2-5,10H2,1H3,(H2,18,20). The zero-order valence-electron chi connectivity index (χ0n) is 12.7. The Hall–Kier alpha value is -2.30. The van der Waals surface area contributed by atoms with E-state index in [-0.39, 0.29) is 0 Å². The average molecular weight is 300 g/mol. The normalized spacial score (nSPS) is 15.1. The van der Waals surface area contributed by atoms with Crippen LogP contribution in [0.25, 0.3) is 10.8 Å². The van der Waals surface area contributed by atoms with Crippen molar-refractivity contribution < 1.29 is 14.3 Å². The number of benzene rings is 1. The Bertz CT molecular complexity index is 694. The highest BCUT2D eigenvalue weighted by Gasteiger charge is 2.17. The summed E-state index contributed by atoms with van der Waals surface area (Å²) in [7, 11) is 1.52. The molecule has 1 aliphatic carbocycles. The second-order valence-electron chi connectivity index (χ2n) is 5.72.